The third-order valence-electron chi connectivity index (χ3n) is 2.44. The first-order valence-corrected chi connectivity index (χ1v) is 6.48. The highest BCUT2D eigenvalue weighted by Gasteiger charge is 2.39. The van der Waals surface area contributed by atoms with Crippen LogP contribution < -0.4 is 0 Å². The Labute approximate surface area is 125 Å². The molecule has 0 unspecified atom stereocenters. The molecule has 0 aliphatic heterocycles. The number of halogens is 4. The van der Waals surface area contributed by atoms with Gasteiger partial charge in [-0.25, -0.2) is 4.99 Å². The second kappa shape index (κ2) is 7.26. The standard InChI is InChI=1S/C14H14ClF3N2O/c1-3-6-11(21)12(14(16,17)18)13(15)20-9(2)10-7-4-5-8-19-10/h4-8,21H,3H2,1-2H3/b11-6-,13-12+,20-9?. The van der Waals surface area contributed by atoms with Gasteiger partial charge in [0, 0.05) is 6.20 Å². The number of aliphatic hydroxyl groups is 1. The summed E-state index contributed by atoms with van der Waals surface area (Å²) in [6, 6.07) is 4.95. The minimum Gasteiger partial charge on any atom is -0.508 e. The van der Waals surface area contributed by atoms with Crippen LogP contribution in [-0.4, -0.2) is 22.0 Å². The van der Waals surface area contributed by atoms with Crippen molar-refractivity contribution in [2.24, 2.45) is 4.99 Å². The number of alkyl halides is 3. The number of nitrogens with zero attached hydrogens (tertiary/aromatic N) is 2. The van der Waals surface area contributed by atoms with E-state index in [9.17, 15) is 18.3 Å². The number of aromatic nitrogens is 1. The topological polar surface area (TPSA) is 45.5 Å². The van der Waals surface area contributed by atoms with Gasteiger partial charge in [0.2, 0.25) is 0 Å². The van der Waals surface area contributed by atoms with Gasteiger partial charge in [-0.15, -0.1) is 0 Å². The lowest BCUT2D eigenvalue weighted by Crippen LogP contribution is -2.15. The second-order valence-corrected chi connectivity index (χ2v) is 4.43. The predicted molar refractivity (Wildman–Crippen MR) is 76.4 cm³/mol. The van der Waals surface area contributed by atoms with Gasteiger partial charge >= 0.3 is 6.18 Å². The van der Waals surface area contributed by atoms with Gasteiger partial charge in [0.15, 0.2) is 0 Å². The molecular formula is C14H14ClF3N2O. The van der Waals surface area contributed by atoms with Crippen molar-refractivity contribution in [1.29, 1.82) is 0 Å². The average molecular weight is 319 g/mol. The second-order valence-electron chi connectivity index (χ2n) is 4.07. The van der Waals surface area contributed by atoms with Crippen LogP contribution in [0.2, 0.25) is 0 Å². The minimum atomic E-state index is -4.80. The van der Waals surface area contributed by atoms with E-state index >= 15 is 0 Å². The van der Waals surface area contributed by atoms with Crippen molar-refractivity contribution in [2.75, 3.05) is 0 Å². The van der Waals surface area contributed by atoms with Crippen molar-refractivity contribution in [3.63, 3.8) is 0 Å². The van der Waals surface area contributed by atoms with Crippen LogP contribution in [-0.2, 0) is 0 Å². The Morgan fingerprint density at radius 1 is 1.43 bits per heavy atom. The lowest BCUT2D eigenvalue weighted by atomic mass is 10.2. The van der Waals surface area contributed by atoms with Crippen LogP contribution >= 0.6 is 11.6 Å². The van der Waals surface area contributed by atoms with Crippen molar-refractivity contribution < 1.29 is 18.3 Å². The maximum atomic E-state index is 13.0. The number of allylic oxidation sites excluding steroid dienone is 2. The maximum Gasteiger partial charge on any atom is 0.422 e. The van der Waals surface area contributed by atoms with Gasteiger partial charge in [0.25, 0.3) is 0 Å². The van der Waals surface area contributed by atoms with Gasteiger partial charge in [-0.05, 0) is 31.6 Å². The maximum absolute atomic E-state index is 13.0. The summed E-state index contributed by atoms with van der Waals surface area (Å²) in [7, 11) is 0. The molecule has 1 aromatic heterocycles. The molecule has 0 aliphatic carbocycles. The van der Waals surface area contributed by atoms with E-state index < -0.39 is 22.7 Å². The third kappa shape index (κ3) is 4.90. The molecule has 0 fully saturated rings. The third-order valence-corrected chi connectivity index (χ3v) is 2.72. The van der Waals surface area contributed by atoms with Crippen LogP contribution in [0, 0.1) is 0 Å². The monoisotopic (exact) mass is 318 g/mol. The van der Waals surface area contributed by atoms with Crippen LogP contribution in [0.4, 0.5) is 13.2 Å². The summed E-state index contributed by atoms with van der Waals surface area (Å²) in [5, 5.41) is 8.69. The highest BCUT2D eigenvalue weighted by atomic mass is 35.5. The molecular weight excluding hydrogens is 305 g/mol. The van der Waals surface area contributed by atoms with Crippen LogP contribution in [0.5, 0.6) is 0 Å². The fraction of sp³-hybridized carbons (Fsp3) is 0.286. The first-order valence-electron chi connectivity index (χ1n) is 6.10. The lowest BCUT2D eigenvalue weighted by molar-refractivity contribution is -0.0928. The van der Waals surface area contributed by atoms with E-state index in [-0.39, 0.29) is 12.1 Å². The number of hydrogen-bond donors (Lipinski definition) is 1. The molecule has 0 saturated heterocycles. The Morgan fingerprint density at radius 3 is 2.57 bits per heavy atom. The first kappa shape index (κ1) is 17.2. The normalized spacial score (nSPS) is 15.0. The average Bonchev–Trinajstić information content (AvgIpc) is 2.38. The highest BCUT2D eigenvalue weighted by Crippen LogP contribution is 2.35. The molecule has 7 heteroatoms. The van der Waals surface area contributed by atoms with E-state index in [0.717, 1.165) is 6.08 Å². The van der Waals surface area contributed by atoms with E-state index in [0.29, 0.717) is 5.69 Å². The molecule has 1 heterocycles. The van der Waals surface area contributed by atoms with E-state index in [1.54, 1.807) is 25.1 Å². The molecule has 0 saturated carbocycles. The van der Waals surface area contributed by atoms with Gasteiger partial charge in [-0.3, -0.25) is 4.98 Å². The number of rotatable bonds is 4. The van der Waals surface area contributed by atoms with E-state index in [4.69, 9.17) is 11.6 Å². The van der Waals surface area contributed by atoms with Crippen LogP contribution in [0.25, 0.3) is 0 Å². The molecule has 114 valence electrons. The smallest absolute Gasteiger partial charge is 0.422 e. The van der Waals surface area contributed by atoms with E-state index in [1.807, 2.05) is 0 Å². The largest absolute Gasteiger partial charge is 0.508 e. The number of hydrogen-bond acceptors (Lipinski definition) is 3. The molecule has 0 bridgehead atoms. The van der Waals surface area contributed by atoms with Crippen molar-refractivity contribution in [3.05, 3.63) is 52.7 Å². The van der Waals surface area contributed by atoms with E-state index in [1.165, 1.54) is 13.1 Å². The summed E-state index contributed by atoms with van der Waals surface area (Å²) in [4.78, 5) is 7.66. The summed E-state index contributed by atoms with van der Waals surface area (Å²) >= 11 is 5.65. The number of aliphatic hydroxyl groups excluding tert-OH is 1. The van der Waals surface area contributed by atoms with Crippen molar-refractivity contribution >= 4 is 17.3 Å². The predicted octanol–water partition coefficient (Wildman–Crippen LogP) is 4.76. The fourth-order valence-corrected chi connectivity index (χ4v) is 1.83. The van der Waals surface area contributed by atoms with Gasteiger partial charge in [-0.2, -0.15) is 13.2 Å². The van der Waals surface area contributed by atoms with Crippen molar-refractivity contribution in [2.45, 2.75) is 26.4 Å². The molecule has 0 radical (unpaired) electrons. The van der Waals surface area contributed by atoms with E-state index in [2.05, 4.69) is 9.98 Å². The van der Waals surface area contributed by atoms with Gasteiger partial charge in [0.05, 0.1) is 11.4 Å². The van der Waals surface area contributed by atoms with Crippen molar-refractivity contribution in [1.82, 2.24) is 4.98 Å². The highest BCUT2D eigenvalue weighted by molar-refractivity contribution is 6.31. The van der Waals surface area contributed by atoms with Gasteiger partial charge in [0.1, 0.15) is 16.5 Å². The first-order chi connectivity index (χ1) is 9.77. The number of pyridine rings is 1. The molecule has 0 atom stereocenters. The molecule has 1 N–H and O–H groups in total. The summed E-state index contributed by atoms with van der Waals surface area (Å²) < 4.78 is 38.9. The molecule has 3 nitrogen and oxygen atoms in total. The SMILES string of the molecule is CC/C=C(O)/C(=C(/Cl)N=C(C)c1ccccn1)C(F)(F)F. The lowest BCUT2D eigenvalue weighted by Gasteiger charge is -2.12. The van der Waals surface area contributed by atoms with Gasteiger partial charge in [-0.1, -0.05) is 24.6 Å². The van der Waals surface area contributed by atoms with Gasteiger partial charge < -0.3 is 5.11 Å². The Morgan fingerprint density at radius 2 is 2.10 bits per heavy atom. The minimum absolute atomic E-state index is 0.214. The van der Waals surface area contributed by atoms with Crippen LogP contribution in [0.3, 0.4) is 0 Å². The quantitative estimate of drug-likeness (QED) is 0.377. The van der Waals surface area contributed by atoms with Crippen molar-refractivity contribution in [3.8, 4) is 0 Å². The Bertz CT molecular complexity index is 578. The molecule has 1 rings (SSSR count). The fourth-order valence-electron chi connectivity index (χ4n) is 1.50. The number of aliphatic imine (C=N–C) groups is 1. The summed E-state index contributed by atoms with van der Waals surface area (Å²) in [6.45, 7) is 3.08. The van der Waals surface area contributed by atoms with Crippen LogP contribution in [0.1, 0.15) is 26.0 Å². The summed E-state index contributed by atoms with van der Waals surface area (Å²) in [5.41, 5.74) is -0.746. The zero-order valence-corrected chi connectivity index (χ0v) is 12.2. The molecule has 0 spiro atoms. The Balaban J connectivity index is 3.32. The van der Waals surface area contributed by atoms with Crippen LogP contribution in [0.15, 0.2) is 52.0 Å². The Kier molecular flexibility index (Phi) is 5.96. The molecule has 0 aliphatic rings. The summed E-state index contributed by atoms with van der Waals surface area (Å²) in [6.07, 6.45) is -2.05. The molecule has 0 amide bonds. The Hall–Kier alpha value is -1.82. The molecule has 0 aromatic carbocycles. The zero-order chi connectivity index (χ0) is 16.0. The molecule has 21 heavy (non-hydrogen) atoms. The molecule has 1 aromatic rings. The summed E-state index contributed by atoms with van der Waals surface area (Å²) in [5.74, 6) is -0.937. The zero-order valence-electron chi connectivity index (χ0n) is 11.4.